The number of anilines is 1. The van der Waals surface area contributed by atoms with Crippen molar-refractivity contribution in [3.63, 3.8) is 0 Å². The lowest BCUT2D eigenvalue weighted by atomic mass is 10.4. The van der Waals surface area contributed by atoms with Crippen molar-refractivity contribution in [2.45, 2.75) is 20.3 Å². The van der Waals surface area contributed by atoms with E-state index in [2.05, 4.69) is 17.2 Å². The number of nitrogens with one attached hydrogen (secondary N) is 1. The maximum atomic E-state index is 5.53. The summed E-state index contributed by atoms with van der Waals surface area (Å²) in [5.41, 5.74) is 0. The van der Waals surface area contributed by atoms with Gasteiger partial charge in [0.05, 0.1) is 6.61 Å². The van der Waals surface area contributed by atoms with Crippen LogP contribution in [0.1, 0.15) is 20.3 Å². The van der Waals surface area contributed by atoms with Gasteiger partial charge in [0.25, 0.3) is 0 Å². The third-order valence-electron chi connectivity index (χ3n) is 1.93. The van der Waals surface area contributed by atoms with Gasteiger partial charge in [-0.25, -0.2) is 4.98 Å². The third-order valence-corrected chi connectivity index (χ3v) is 1.93. The molecule has 0 radical (unpaired) electrons. The van der Waals surface area contributed by atoms with Gasteiger partial charge in [-0.2, -0.15) is 0 Å². The molecule has 0 saturated heterocycles. The first-order chi connectivity index (χ1) is 7.86. The molecule has 1 aromatic rings. The highest BCUT2D eigenvalue weighted by Crippen LogP contribution is 2.13. The number of pyridine rings is 1. The fourth-order valence-electron chi connectivity index (χ4n) is 1.24. The lowest BCUT2D eigenvalue weighted by Gasteiger charge is -2.08. The molecule has 0 spiro atoms. The van der Waals surface area contributed by atoms with Crippen LogP contribution in [0.3, 0.4) is 0 Å². The average molecular weight is 224 g/mol. The van der Waals surface area contributed by atoms with E-state index in [1.165, 1.54) is 0 Å². The van der Waals surface area contributed by atoms with E-state index in [9.17, 15) is 0 Å². The van der Waals surface area contributed by atoms with Gasteiger partial charge in [0.2, 0.25) is 0 Å². The molecule has 4 heteroatoms. The van der Waals surface area contributed by atoms with Crippen LogP contribution < -0.4 is 10.1 Å². The molecular weight excluding hydrogens is 204 g/mol. The minimum atomic E-state index is 0.579. The Morgan fingerprint density at radius 2 is 2.12 bits per heavy atom. The molecule has 0 atom stereocenters. The lowest BCUT2D eigenvalue weighted by molar-refractivity contribution is 0.101. The van der Waals surface area contributed by atoms with Crippen LogP contribution in [0.5, 0.6) is 5.75 Å². The summed E-state index contributed by atoms with van der Waals surface area (Å²) >= 11 is 0. The minimum absolute atomic E-state index is 0.579. The second-order valence-corrected chi connectivity index (χ2v) is 3.37. The fourth-order valence-corrected chi connectivity index (χ4v) is 1.24. The molecule has 0 amide bonds. The highest BCUT2D eigenvalue weighted by atomic mass is 16.5. The van der Waals surface area contributed by atoms with Crippen LogP contribution in [0.15, 0.2) is 18.3 Å². The van der Waals surface area contributed by atoms with Gasteiger partial charge < -0.3 is 14.8 Å². The van der Waals surface area contributed by atoms with Crippen molar-refractivity contribution in [3.05, 3.63) is 18.3 Å². The molecule has 1 heterocycles. The molecule has 0 bridgehead atoms. The first kappa shape index (κ1) is 12.8. The monoisotopic (exact) mass is 224 g/mol. The molecule has 0 fully saturated rings. The van der Waals surface area contributed by atoms with Gasteiger partial charge >= 0.3 is 0 Å². The summed E-state index contributed by atoms with van der Waals surface area (Å²) in [5, 5.41) is 3.14. The molecule has 0 aliphatic carbocycles. The van der Waals surface area contributed by atoms with Crippen molar-refractivity contribution in [1.82, 2.24) is 4.98 Å². The zero-order valence-electron chi connectivity index (χ0n) is 10.0. The van der Waals surface area contributed by atoms with Crippen LogP contribution in [0.25, 0.3) is 0 Å². The van der Waals surface area contributed by atoms with E-state index in [0.717, 1.165) is 31.1 Å². The van der Waals surface area contributed by atoms with Crippen molar-refractivity contribution in [3.8, 4) is 5.75 Å². The molecule has 0 aliphatic rings. The highest BCUT2D eigenvalue weighted by Gasteiger charge is 1.96. The van der Waals surface area contributed by atoms with Crippen molar-refractivity contribution in [1.29, 1.82) is 0 Å². The third kappa shape index (κ3) is 4.98. The Labute approximate surface area is 97.0 Å². The largest absolute Gasteiger partial charge is 0.491 e. The Bertz CT molecular complexity index is 292. The number of nitrogens with zero attached hydrogens (tertiary/aromatic N) is 1. The Morgan fingerprint density at radius 1 is 1.25 bits per heavy atom. The Morgan fingerprint density at radius 3 is 2.88 bits per heavy atom. The summed E-state index contributed by atoms with van der Waals surface area (Å²) < 4.78 is 10.9. The van der Waals surface area contributed by atoms with Crippen LogP contribution in [0.4, 0.5) is 5.82 Å². The summed E-state index contributed by atoms with van der Waals surface area (Å²) in [5.74, 6) is 1.67. The van der Waals surface area contributed by atoms with Gasteiger partial charge in [-0.15, -0.1) is 0 Å². The van der Waals surface area contributed by atoms with Crippen LogP contribution in [-0.4, -0.2) is 31.3 Å². The molecule has 0 aromatic carbocycles. The second kappa shape index (κ2) is 7.93. The minimum Gasteiger partial charge on any atom is -0.491 e. The zero-order chi connectivity index (χ0) is 11.6. The standard InChI is InChI=1S/C12H20N2O2/c1-3-7-15-8-9-16-11-5-6-14-12(10-11)13-4-2/h5-6,10H,3-4,7-9H2,1-2H3,(H,13,14). The highest BCUT2D eigenvalue weighted by molar-refractivity contribution is 5.40. The van der Waals surface area contributed by atoms with Crippen LogP contribution in [0.2, 0.25) is 0 Å². The second-order valence-electron chi connectivity index (χ2n) is 3.37. The molecule has 1 N–H and O–H groups in total. The Balaban J connectivity index is 2.27. The molecule has 1 rings (SSSR count). The van der Waals surface area contributed by atoms with Gasteiger partial charge in [0.15, 0.2) is 0 Å². The molecular formula is C12H20N2O2. The summed E-state index contributed by atoms with van der Waals surface area (Å²) in [6.07, 6.45) is 2.78. The van der Waals surface area contributed by atoms with Crippen molar-refractivity contribution in [2.24, 2.45) is 0 Å². The molecule has 90 valence electrons. The average Bonchev–Trinajstić information content (AvgIpc) is 2.30. The van der Waals surface area contributed by atoms with Crippen LogP contribution in [-0.2, 0) is 4.74 Å². The summed E-state index contributed by atoms with van der Waals surface area (Å²) in [6, 6.07) is 3.74. The number of hydrogen-bond acceptors (Lipinski definition) is 4. The molecule has 16 heavy (non-hydrogen) atoms. The predicted octanol–water partition coefficient (Wildman–Crippen LogP) is 2.32. The van der Waals surface area contributed by atoms with Crippen molar-refractivity contribution in [2.75, 3.05) is 31.7 Å². The number of rotatable bonds is 8. The topological polar surface area (TPSA) is 43.4 Å². The molecule has 0 saturated carbocycles. The van der Waals surface area contributed by atoms with E-state index in [4.69, 9.17) is 9.47 Å². The zero-order valence-corrected chi connectivity index (χ0v) is 10.0. The maximum Gasteiger partial charge on any atom is 0.129 e. The van der Waals surface area contributed by atoms with Crippen LogP contribution >= 0.6 is 0 Å². The van der Waals surface area contributed by atoms with Gasteiger partial charge in [0, 0.05) is 25.4 Å². The van der Waals surface area contributed by atoms with Gasteiger partial charge in [-0.1, -0.05) is 6.92 Å². The maximum absolute atomic E-state index is 5.53. The molecule has 4 nitrogen and oxygen atoms in total. The van der Waals surface area contributed by atoms with E-state index in [1.807, 2.05) is 19.1 Å². The number of ether oxygens (including phenoxy) is 2. The first-order valence-electron chi connectivity index (χ1n) is 5.77. The Kier molecular flexibility index (Phi) is 6.33. The van der Waals surface area contributed by atoms with E-state index in [-0.39, 0.29) is 0 Å². The van der Waals surface area contributed by atoms with E-state index < -0.39 is 0 Å². The molecule has 1 aromatic heterocycles. The summed E-state index contributed by atoms with van der Waals surface area (Å²) in [7, 11) is 0. The molecule has 0 aliphatic heterocycles. The summed E-state index contributed by atoms with van der Waals surface area (Å²) in [4.78, 5) is 4.16. The first-order valence-corrected chi connectivity index (χ1v) is 5.77. The fraction of sp³-hybridized carbons (Fsp3) is 0.583. The quantitative estimate of drug-likeness (QED) is 0.688. The SMILES string of the molecule is CCCOCCOc1ccnc(NCC)c1. The lowest BCUT2D eigenvalue weighted by Crippen LogP contribution is -2.07. The van der Waals surface area contributed by atoms with Gasteiger partial charge in [-0.05, 0) is 19.4 Å². The van der Waals surface area contributed by atoms with E-state index in [1.54, 1.807) is 6.20 Å². The van der Waals surface area contributed by atoms with Gasteiger partial charge in [-0.3, -0.25) is 0 Å². The normalized spacial score (nSPS) is 10.1. The smallest absolute Gasteiger partial charge is 0.129 e. The van der Waals surface area contributed by atoms with Crippen molar-refractivity contribution >= 4 is 5.82 Å². The Hall–Kier alpha value is -1.29. The summed E-state index contributed by atoms with van der Waals surface area (Å²) in [6.45, 7) is 6.99. The van der Waals surface area contributed by atoms with E-state index >= 15 is 0 Å². The molecule has 0 unspecified atom stereocenters. The number of aromatic nitrogens is 1. The van der Waals surface area contributed by atoms with Gasteiger partial charge in [0.1, 0.15) is 18.2 Å². The van der Waals surface area contributed by atoms with E-state index in [0.29, 0.717) is 13.2 Å². The number of hydrogen-bond donors (Lipinski definition) is 1. The van der Waals surface area contributed by atoms with Crippen molar-refractivity contribution < 1.29 is 9.47 Å². The van der Waals surface area contributed by atoms with Crippen LogP contribution in [0, 0.1) is 0 Å². The predicted molar refractivity (Wildman–Crippen MR) is 65.0 cm³/mol.